The van der Waals surface area contributed by atoms with Gasteiger partial charge >= 0.3 is 0 Å². The normalized spacial score (nSPS) is 19.0. The van der Waals surface area contributed by atoms with Gasteiger partial charge in [-0.3, -0.25) is 19.7 Å². The van der Waals surface area contributed by atoms with Crippen LogP contribution in [0.1, 0.15) is 28.4 Å². The number of anilines is 2. The first-order chi connectivity index (χ1) is 15.9. The third kappa shape index (κ3) is 4.09. The van der Waals surface area contributed by atoms with E-state index in [1.807, 2.05) is 15.5 Å². The Morgan fingerprint density at radius 3 is 2.61 bits per heavy atom. The van der Waals surface area contributed by atoms with Crippen LogP contribution in [0.5, 0.6) is 0 Å². The number of piperidine rings is 1. The maximum atomic E-state index is 12.7. The topological polar surface area (TPSA) is 97.5 Å². The van der Waals surface area contributed by atoms with Gasteiger partial charge in [0.1, 0.15) is 5.69 Å². The van der Waals surface area contributed by atoms with Crippen molar-refractivity contribution in [3.63, 3.8) is 0 Å². The molecule has 1 amide bonds. The Morgan fingerprint density at radius 2 is 1.85 bits per heavy atom. The third-order valence-electron chi connectivity index (χ3n) is 6.36. The molecular weight excluding hydrogens is 444 g/mol. The highest BCUT2D eigenvalue weighted by Crippen LogP contribution is 2.39. The first-order valence-corrected chi connectivity index (χ1v) is 11.1. The number of nitro groups is 1. The Balaban J connectivity index is 1.42. The molecule has 2 bridgehead atoms. The molecule has 1 N–H and O–H groups in total. The molecule has 1 aromatic heterocycles. The van der Waals surface area contributed by atoms with Gasteiger partial charge in [-0.1, -0.05) is 17.7 Å². The fraction of sp³-hybridized carbons (Fsp3) is 0.250. The first-order valence-electron chi connectivity index (χ1n) is 10.7. The molecule has 0 unspecified atom stereocenters. The van der Waals surface area contributed by atoms with Gasteiger partial charge in [0.05, 0.1) is 4.92 Å². The summed E-state index contributed by atoms with van der Waals surface area (Å²) in [6.45, 7) is 1.81. The molecule has 168 valence electrons. The van der Waals surface area contributed by atoms with Crippen LogP contribution in [-0.2, 0) is 6.54 Å². The second kappa shape index (κ2) is 8.37. The molecule has 33 heavy (non-hydrogen) atoms. The third-order valence-corrected chi connectivity index (χ3v) is 6.61. The van der Waals surface area contributed by atoms with Gasteiger partial charge in [0.25, 0.3) is 17.2 Å². The van der Waals surface area contributed by atoms with E-state index in [1.54, 1.807) is 48.5 Å². The predicted octanol–water partition coefficient (Wildman–Crippen LogP) is 4.29. The Morgan fingerprint density at radius 1 is 1.06 bits per heavy atom. The van der Waals surface area contributed by atoms with Crippen molar-refractivity contribution < 1.29 is 9.72 Å². The fourth-order valence-electron chi connectivity index (χ4n) is 4.91. The van der Waals surface area contributed by atoms with Crippen LogP contribution in [0.15, 0.2) is 65.5 Å². The average Bonchev–Trinajstić information content (AvgIpc) is 2.80. The zero-order chi connectivity index (χ0) is 23.1. The van der Waals surface area contributed by atoms with Crippen molar-refractivity contribution in [3.05, 3.63) is 97.4 Å². The van der Waals surface area contributed by atoms with Gasteiger partial charge in [0, 0.05) is 59.7 Å². The van der Waals surface area contributed by atoms with Crippen LogP contribution in [-0.4, -0.2) is 28.5 Å². The van der Waals surface area contributed by atoms with Crippen LogP contribution in [0.2, 0.25) is 5.02 Å². The van der Waals surface area contributed by atoms with Gasteiger partial charge in [0.15, 0.2) is 0 Å². The van der Waals surface area contributed by atoms with E-state index in [9.17, 15) is 19.7 Å². The van der Waals surface area contributed by atoms with Crippen molar-refractivity contribution in [2.75, 3.05) is 23.3 Å². The van der Waals surface area contributed by atoms with E-state index >= 15 is 0 Å². The molecule has 0 radical (unpaired) electrons. The number of carbonyl (C=O) groups is 1. The molecule has 5 rings (SSSR count). The lowest BCUT2D eigenvalue weighted by Gasteiger charge is -2.43. The zero-order valence-electron chi connectivity index (χ0n) is 17.6. The summed E-state index contributed by atoms with van der Waals surface area (Å²) in [6.07, 6.45) is 0.954. The highest BCUT2D eigenvalue weighted by atomic mass is 35.5. The minimum Gasteiger partial charge on any atom is -0.365 e. The Labute approximate surface area is 194 Å². The van der Waals surface area contributed by atoms with Gasteiger partial charge in [-0.15, -0.1) is 0 Å². The quantitative estimate of drug-likeness (QED) is 0.459. The van der Waals surface area contributed by atoms with Crippen molar-refractivity contribution in [3.8, 4) is 0 Å². The minimum absolute atomic E-state index is 0.00215. The molecular formula is C24H21ClN4O4. The lowest BCUT2D eigenvalue weighted by molar-refractivity contribution is -0.384. The van der Waals surface area contributed by atoms with Crippen LogP contribution < -0.4 is 15.8 Å². The summed E-state index contributed by atoms with van der Waals surface area (Å²) in [7, 11) is 0. The lowest BCUT2D eigenvalue weighted by atomic mass is 9.83. The Hall–Kier alpha value is -3.65. The summed E-state index contributed by atoms with van der Waals surface area (Å²) >= 11 is 5.87. The van der Waals surface area contributed by atoms with Crippen molar-refractivity contribution >= 4 is 34.6 Å². The summed E-state index contributed by atoms with van der Waals surface area (Å²) in [5.41, 5.74) is 2.11. The number of hydrogen-bond acceptors (Lipinski definition) is 5. The summed E-state index contributed by atoms with van der Waals surface area (Å²) in [5, 5.41) is 15.2. The van der Waals surface area contributed by atoms with E-state index < -0.39 is 10.8 Å². The zero-order valence-corrected chi connectivity index (χ0v) is 18.4. The van der Waals surface area contributed by atoms with Crippen LogP contribution in [0, 0.1) is 16.0 Å². The second-order valence-corrected chi connectivity index (χ2v) is 8.96. The number of nitro benzene ring substituents is 1. The number of nitrogens with zero attached hydrogens (tertiary/aromatic N) is 3. The molecule has 3 aromatic rings. The summed E-state index contributed by atoms with van der Waals surface area (Å²) in [4.78, 5) is 38.4. The van der Waals surface area contributed by atoms with Crippen LogP contribution in [0.25, 0.3) is 0 Å². The summed E-state index contributed by atoms with van der Waals surface area (Å²) in [5.74, 6) is -0.0847. The van der Waals surface area contributed by atoms with E-state index in [0.29, 0.717) is 36.0 Å². The highest BCUT2D eigenvalue weighted by Gasteiger charge is 2.36. The number of aromatic nitrogens is 1. The summed E-state index contributed by atoms with van der Waals surface area (Å²) < 4.78 is 1.83. The van der Waals surface area contributed by atoms with Gasteiger partial charge in [0.2, 0.25) is 0 Å². The Kier molecular flexibility index (Phi) is 5.38. The largest absolute Gasteiger partial charge is 0.365 e. The van der Waals surface area contributed by atoms with E-state index in [0.717, 1.165) is 12.1 Å². The average molecular weight is 465 g/mol. The molecule has 2 aliphatic heterocycles. The second-order valence-electron chi connectivity index (χ2n) is 8.52. The molecule has 0 aliphatic carbocycles. The molecule has 2 aliphatic rings. The van der Waals surface area contributed by atoms with E-state index in [2.05, 4.69) is 5.32 Å². The molecule has 3 heterocycles. The minimum atomic E-state index is -0.447. The van der Waals surface area contributed by atoms with E-state index in [4.69, 9.17) is 11.6 Å². The fourth-order valence-corrected chi connectivity index (χ4v) is 5.03. The number of hydrogen-bond donors (Lipinski definition) is 1. The van der Waals surface area contributed by atoms with Crippen LogP contribution in [0.4, 0.5) is 17.1 Å². The highest BCUT2D eigenvalue weighted by molar-refractivity contribution is 6.30. The number of pyridine rings is 1. The Bertz CT molecular complexity index is 1300. The smallest absolute Gasteiger partial charge is 0.293 e. The maximum Gasteiger partial charge on any atom is 0.293 e. The summed E-state index contributed by atoms with van der Waals surface area (Å²) in [6, 6.07) is 16.5. The van der Waals surface area contributed by atoms with Crippen molar-refractivity contribution in [2.24, 2.45) is 5.92 Å². The van der Waals surface area contributed by atoms with Crippen molar-refractivity contribution in [1.82, 2.24) is 4.57 Å². The van der Waals surface area contributed by atoms with E-state index in [-0.39, 0.29) is 28.6 Å². The number of halogens is 1. The molecule has 8 nitrogen and oxygen atoms in total. The molecule has 2 aromatic carbocycles. The number of fused-ring (bicyclic) bond motifs is 4. The maximum absolute atomic E-state index is 12.7. The number of rotatable bonds is 4. The van der Waals surface area contributed by atoms with Gasteiger partial charge < -0.3 is 14.8 Å². The molecule has 0 saturated carbocycles. The number of carbonyl (C=O) groups excluding carboxylic acids is 1. The number of benzene rings is 2. The van der Waals surface area contributed by atoms with Crippen LogP contribution >= 0.6 is 11.6 Å². The predicted molar refractivity (Wildman–Crippen MR) is 126 cm³/mol. The number of nitrogens with one attached hydrogen (secondary N) is 1. The van der Waals surface area contributed by atoms with Gasteiger partial charge in [-0.2, -0.15) is 0 Å². The first kappa shape index (κ1) is 21.2. The van der Waals surface area contributed by atoms with Crippen LogP contribution in [0.3, 0.4) is 0 Å². The van der Waals surface area contributed by atoms with E-state index in [1.165, 1.54) is 6.07 Å². The molecule has 1 fully saturated rings. The van der Waals surface area contributed by atoms with Crippen molar-refractivity contribution in [1.29, 1.82) is 0 Å². The monoisotopic (exact) mass is 464 g/mol. The molecule has 2 atom stereocenters. The van der Waals surface area contributed by atoms with Crippen molar-refractivity contribution in [2.45, 2.75) is 18.9 Å². The molecule has 1 saturated heterocycles. The van der Waals surface area contributed by atoms with Gasteiger partial charge in [-0.05, 0) is 54.8 Å². The SMILES string of the molecule is O=C(Nc1ccc(Cl)cc1)c1ccc(N2C[C@H]3C[C@@H](C2)c2cccc(=O)n2C3)c([N+](=O)[O-])c1. The number of amides is 1. The van der Waals surface area contributed by atoms with Gasteiger partial charge in [-0.25, -0.2) is 0 Å². The molecule has 0 spiro atoms. The standard InChI is InChI=1S/C24H21ClN4O4/c25-18-5-7-19(8-6-18)26-24(31)16-4-9-21(22(11-16)29(32)33)27-12-15-10-17(14-27)20-2-1-3-23(30)28(20)13-15/h1-9,11,15,17H,10,12-14H2,(H,26,31)/t15-,17+/m1/s1. The lowest BCUT2D eigenvalue weighted by Crippen LogP contribution is -2.47. The molecule has 9 heteroatoms.